The summed E-state index contributed by atoms with van der Waals surface area (Å²) >= 11 is 6.05. The van der Waals surface area contributed by atoms with Gasteiger partial charge >= 0.3 is 0 Å². The van der Waals surface area contributed by atoms with Gasteiger partial charge in [0.25, 0.3) is 0 Å². The van der Waals surface area contributed by atoms with Crippen LogP contribution in [0.1, 0.15) is 62.8 Å². The maximum absolute atomic E-state index is 13.5. The van der Waals surface area contributed by atoms with Crippen LogP contribution >= 0.6 is 11.6 Å². The molecule has 1 atom stereocenters. The first-order valence-corrected chi connectivity index (χ1v) is 7.28. The van der Waals surface area contributed by atoms with Crippen LogP contribution in [0.5, 0.6) is 0 Å². The zero-order valence-electron chi connectivity index (χ0n) is 11.2. The number of benzene rings is 1. The van der Waals surface area contributed by atoms with Gasteiger partial charge in [-0.2, -0.15) is 0 Å². The molecule has 0 spiro atoms. The minimum atomic E-state index is -1.18. The van der Waals surface area contributed by atoms with Gasteiger partial charge in [0.2, 0.25) is 0 Å². The van der Waals surface area contributed by atoms with Crippen molar-refractivity contribution >= 4 is 11.6 Å². The SMILES string of the molecule is CCCCCCCCC(Cl)c1cc(F)c(F)cc1F. The molecule has 0 aliphatic carbocycles. The summed E-state index contributed by atoms with van der Waals surface area (Å²) in [6.07, 6.45) is 7.24. The topological polar surface area (TPSA) is 0 Å². The molecule has 1 rings (SSSR count). The van der Waals surface area contributed by atoms with E-state index >= 15 is 0 Å². The van der Waals surface area contributed by atoms with Crippen LogP contribution in [0.3, 0.4) is 0 Å². The van der Waals surface area contributed by atoms with Crippen molar-refractivity contribution in [3.8, 4) is 0 Å². The lowest BCUT2D eigenvalue weighted by Gasteiger charge is -2.11. The van der Waals surface area contributed by atoms with Gasteiger partial charge in [0.15, 0.2) is 11.6 Å². The molecule has 0 heterocycles. The average molecular weight is 293 g/mol. The van der Waals surface area contributed by atoms with Gasteiger partial charge in [0.1, 0.15) is 5.82 Å². The maximum Gasteiger partial charge on any atom is 0.161 e. The molecule has 4 heteroatoms. The molecule has 0 aliphatic rings. The highest BCUT2D eigenvalue weighted by molar-refractivity contribution is 6.20. The quantitative estimate of drug-likeness (QED) is 0.307. The fourth-order valence-electron chi connectivity index (χ4n) is 2.04. The summed E-state index contributed by atoms with van der Waals surface area (Å²) in [5.41, 5.74) is 0.0501. The molecule has 0 radical (unpaired) electrons. The fraction of sp³-hybridized carbons (Fsp3) is 0.600. The van der Waals surface area contributed by atoms with E-state index in [1.807, 2.05) is 0 Å². The van der Waals surface area contributed by atoms with Gasteiger partial charge in [-0.25, -0.2) is 13.2 Å². The van der Waals surface area contributed by atoms with E-state index in [1.165, 1.54) is 19.3 Å². The smallest absolute Gasteiger partial charge is 0.161 e. The maximum atomic E-state index is 13.5. The van der Waals surface area contributed by atoms with E-state index in [1.54, 1.807) is 0 Å². The number of unbranched alkanes of at least 4 members (excludes halogenated alkanes) is 5. The number of hydrogen-bond donors (Lipinski definition) is 0. The van der Waals surface area contributed by atoms with Crippen molar-refractivity contribution in [1.82, 2.24) is 0 Å². The first kappa shape index (κ1) is 16.4. The van der Waals surface area contributed by atoms with E-state index < -0.39 is 22.8 Å². The first-order chi connectivity index (χ1) is 9.06. The van der Waals surface area contributed by atoms with E-state index in [0.717, 1.165) is 25.3 Å². The zero-order valence-corrected chi connectivity index (χ0v) is 11.9. The zero-order chi connectivity index (χ0) is 14.3. The van der Waals surface area contributed by atoms with E-state index in [9.17, 15) is 13.2 Å². The molecule has 0 fully saturated rings. The van der Waals surface area contributed by atoms with Gasteiger partial charge in [0, 0.05) is 11.6 Å². The summed E-state index contributed by atoms with van der Waals surface area (Å²) < 4.78 is 39.3. The van der Waals surface area contributed by atoms with Crippen LogP contribution in [0.25, 0.3) is 0 Å². The van der Waals surface area contributed by atoms with Crippen LogP contribution in [-0.4, -0.2) is 0 Å². The fourth-order valence-corrected chi connectivity index (χ4v) is 2.36. The highest BCUT2D eigenvalue weighted by Crippen LogP contribution is 2.30. The van der Waals surface area contributed by atoms with Crippen molar-refractivity contribution in [3.63, 3.8) is 0 Å². The monoisotopic (exact) mass is 292 g/mol. The Morgan fingerprint density at radius 1 is 0.895 bits per heavy atom. The Bertz CT molecular complexity index is 393. The predicted octanol–water partition coefficient (Wildman–Crippen LogP) is 6.13. The predicted molar refractivity (Wildman–Crippen MR) is 72.9 cm³/mol. The summed E-state index contributed by atoms with van der Waals surface area (Å²) in [6, 6.07) is 1.42. The number of rotatable bonds is 8. The molecule has 1 aromatic carbocycles. The van der Waals surface area contributed by atoms with Gasteiger partial charge in [-0.1, -0.05) is 45.4 Å². The molecule has 0 bridgehead atoms. The van der Waals surface area contributed by atoms with E-state index in [0.29, 0.717) is 12.5 Å². The van der Waals surface area contributed by atoms with E-state index in [-0.39, 0.29) is 5.56 Å². The van der Waals surface area contributed by atoms with Crippen LogP contribution in [-0.2, 0) is 0 Å². The van der Waals surface area contributed by atoms with Crippen molar-refractivity contribution in [2.24, 2.45) is 0 Å². The third kappa shape index (κ3) is 5.43. The Morgan fingerprint density at radius 2 is 1.47 bits per heavy atom. The summed E-state index contributed by atoms with van der Waals surface area (Å²) in [5.74, 6) is -3.00. The van der Waals surface area contributed by atoms with Crippen LogP contribution in [0.4, 0.5) is 13.2 Å². The Labute approximate surface area is 118 Å². The van der Waals surface area contributed by atoms with Crippen molar-refractivity contribution in [3.05, 3.63) is 35.1 Å². The third-order valence-corrected chi connectivity index (χ3v) is 3.64. The van der Waals surface area contributed by atoms with Crippen molar-refractivity contribution in [2.75, 3.05) is 0 Å². The summed E-state index contributed by atoms with van der Waals surface area (Å²) in [5, 5.41) is -0.596. The molecule has 0 amide bonds. The summed E-state index contributed by atoms with van der Waals surface area (Å²) in [7, 11) is 0. The number of alkyl halides is 1. The third-order valence-electron chi connectivity index (χ3n) is 3.19. The second kappa shape index (κ2) is 8.47. The molecule has 19 heavy (non-hydrogen) atoms. The minimum absolute atomic E-state index is 0.0501. The molecule has 0 nitrogen and oxygen atoms in total. The standard InChI is InChI=1S/C15H20ClF3/c1-2-3-4-5-6-7-8-12(16)11-9-14(18)15(19)10-13(11)17/h9-10,12H,2-8H2,1H3. The Hall–Kier alpha value is -0.700. The molecule has 108 valence electrons. The molecule has 0 saturated carbocycles. The molecule has 1 aromatic rings. The second-order valence-electron chi connectivity index (χ2n) is 4.81. The largest absolute Gasteiger partial charge is 0.207 e. The Balaban J connectivity index is 2.41. The van der Waals surface area contributed by atoms with Gasteiger partial charge < -0.3 is 0 Å². The van der Waals surface area contributed by atoms with Crippen LogP contribution < -0.4 is 0 Å². The second-order valence-corrected chi connectivity index (χ2v) is 5.34. The van der Waals surface area contributed by atoms with Gasteiger partial charge in [0.05, 0.1) is 5.38 Å². The van der Waals surface area contributed by atoms with Crippen LogP contribution in [0, 0.1) is 17.5 Å². The first-order valence-electron chi connectivity index (χ1n) is 6.84. The molecule has 0 aliphatic heterocycles. The Kier molecular flexibility index (Phi) is 7.29. The lowest BCUT2D eigenvalue weighted by atomic mass is 10.0. The number of hydrogen-bond acceptors (Lipinski definition) is 0. The van der Waals surface area contributed by atoms with E-state index in [4.69, 9.17) is 11.6 Å². The molecular weight excluding hydrogens is 273 g/mol. The normalized spacial score (nSPS) is 12.7. The highest BCUT2D eigenvalue weighted by Gasteiger charge is 2.16. The average Bonchev–Trinajstić information content (AvgIpc) is 2.37. The van der Waals surface area contributed by atoms with Gasteiger partial charge in [-0.3, -0.25) is 0 Å². The molecular formula is C15H20ClF3. The van der Waals surface area contributed by atoms with Crippen molar-refractivity contribution < 1.29 is 13.2 Å². The highest BCUT2D eigenvalue weighted by atomic mass is 35.5. The molecule has 0 aromatic heterocycles. The van der Waals surface area contributed by atoms with Crippen LogP contribution in [0.2, 0.25) is 0 Å². The van der Waals surface area contributed by atoms with Crippen molar-refractivity contribution in [1.29, 1.82) is 0 Å². The lowest BCUT2D eigenvalue weighted by Crippen LogP contribution is -1.99. The van der Waals surface area contributed by atoms with Gasteiger partial charge in [-0.15, -0.1) is 11.6 Å². The van der Waals surface area contributed by atoms with Crippen molar-refractivity contribution in [2.45, 2.75) is 57.2 Å². The molecule has 0 saturated heterocycles. The van der Waals surface area contributed by atoms with E-state index in [2.05, 4.69) is 6.92 Å². The summed E-state index contributed by atoms with van der Waals surface area (Å²) in [6.45, 7) is 2.15. The van der Waals surface area contributed by atoms with Gasteiger partial charge in [-0.05, 0) is 12.5 Å². The number of halogens is 4. The Morgan fingerprint density at radius 3 is 2.16 bits per heavy atom. The molecule has 0 N–H and O–H groups in total. The lowest BCUT2D eigenvalue weighted by molar-refractivity contribution is 0.487. The van der Waals surface area contributed by atoms with Crippen LogP contribution in [0.15, 0.2) is 12.1 Å². The minimum Gasteiger partial charge on any atom is -0.207 e. The molecule has 1 unspecified atom stereocenters. The summed E-state index contributed by atoms with van der Waals surface area (Å²) in [4.78, 5) is 0.